The Bertz CT molecular complexity index is 255. The summed E-state index contributed by atoms with van der Waals surface area (Å²) in [5.74, 6) is -2.15. The Kier molecular flexibility index (Phi) is 6.76. The van der Waals surface area contributed by atoms with Crippen molar-refractivity contribution in [1.82, 2.24) is 0 Å². The van der Waals surface area contributed by atoms with Crippen molar-refractivity contribution in [2.45, 2.75) is 20.3 Å². The minimum absolute atomic E-state index is 0.00439. The molecule has 0 aromatic rings. The summed E-state index contributed by atoms with van der Waals surface area (Å²) in [4.78, 5) is 23.0. The number of ether oxygens (including phenoxy) is 1. The number of carbonyl (C=O) groups is 2. The van der Waals surface area contributed by atoms with Gasteiger partial charge in [0, 0.05) is 5.88 Å². The van der Waals surface area contributed by atoms with E-state index in [9.17, 15) is 14.7 Å². The smallest absolute Gasteiger partial charge is 0.323 e. The molecule has 1 unspecified atom stereocenters. The van der Waals surface area contributed by atoms with Crippen LogP contribution in [-0.4, -0.2) is 35.4 Å². The summed E-state index contributed by atoms with van der Waals surface area (Å²) in [6.45, 7) is 3.32. The Morgan fingerprint density at radius 1 is 1.31 bits per heavy atom. The topological polar surface area (TPSA) is 63.6 Å². The molecule has 0 amide bonds. The third-order valence-corrected chi connectivity index (χ3v) is 2.87. The first kappa shape index (κ1) is 15.5. The van der Waals surface area contributed by atoms with Gasteiger partial charge in [0.15, 0.2) is 5.41 Å². The SMILES string of the molecule is CC(C)C(CCCl)(C(=O)O)C(=O)OCCCl. The summed E-state index contributed by atoms with van der Waals surface area (Å²) in [5.41, 5.74) is -1.58. The zero-order valence-corrected chi connectivity index (χ0v) is 10.8. The van der Waals surface area contributed by atoms with Gasteiger partial charge in [-0.1, -0.05) is 13.8 Å². The van der Waals surface area contributed by atoms with Gasteiger partial charge in [0.05, 0.1) is 5.88 Å². The van der Waals surface area contributed by atoms with E-state index in [4.69, 9.17) is 27.9 Å². The molecule has 6 heteroatoms. The Morgan fingerprint density at radius 2 is 1.88 bits per heavy atom. The predicted octanol–water partition coefficient (Wildman–Crippen LogP) is 2.12. The molecule has 0 saturated heterocycles. The molecule has 0 radical (unpaired) electrons. The average molecular weight is 271 g/mol. The Morgan fingerprint density at radius 3 is 2.19 bits per heavy atom. The molecule has 16 heavy (non-hydrogen) atoms. The fraction of sp³-hybridized carbons (Fsp3) is 0.800. The quantitative estimate of drug-likeness (QED) is 0.437. The van der Waals surface area contributed by atoms with Crippen LogP contribution in [0, 0.1) is 11.3 Å². The van der Waals surface area contributed by atoms with Crippen LogP contribution in [0.1, 0.15) is 20.3 Å². The molecule has 94 valence electrons. The first-order valence-corrected chi connectivity index (χ1v) is 6.03. The number of alkyl halides is 2. The number of esters is 1. The number of hydrogen-bond donors (Lipinski definition) is 1. The van der Waals surface area contributed by atoms with Gasteiger partial charge >= 0.3 is 11.9 Å². The van der Waals surface area contributed by atoms with Crippen molar-refractivity contribution in [1.29, 1.82) is 0 Å². The van der Waals surface area contributed by atoms with Crippen LogP contribution >= 0.6 is 23.2 Å². The van der Waals surface area contributed by atoms with Crippen molar-refractivity contribution in [3.05, 3.63) is 0 Å². The second-order valence-electron chi connectivity index (χ2n) is 3.70. The normalized spacial score (nSPS) is 14.6. The largest absolute Gasteiger partial charge is 0.480 e. The molecule has 0 aliphatic carbocycles. The second-order valence-corrected chi connectivity index (χ2v) is 4.45. The zero-order valence-electron chi connectivity index (χ0n) is 9.33. The van der Waals surface area contributed by atoms with Gasteiger partial charge in [-0.25, -0.2) is 0 Å². The molecule has 0 aliphatic heterocycles. The first-order valence-electron chi connectivity index (χ1n) is 4.96. The number of carboxylic acid groups (broad SMARTS) is 1. The molecular formula is C10H16Cl2O4. The average Bonchev–Trinajstić information content (AvgIpc) is 2.21. The molecule has 0 saturated carbocycles. The molecule has 0 aliphatic rings. The van der Waals surface area contributed by atoms with E-state index in [1.165, 1.54) is 0 Å². The molecule has 1 atom stereocenters. The van der Waals surface area contributed by atoms with Crippen LogP contribution in [0.15, 0.2) is 0 Å². The number of carboxylic acids is 1. The van der Waals surface area contributed by atoms with E-state index in [0.717, 1.165) is 0 Å². The molecule has 1 N–H and O–H groups in total. The standard InChI is InChI=1S/C10H16Cl2O4/c1-7(2)10(3-4-11,8(13)14)9(15)16-6-5-12/h7H,3-6H2,1-2H3,(H,13,14). The summed E-state index contributed by atoms with van der Waals surface area (Å²) in [6.07, 6.45) is 0.0443. The molecular weight excluding hydrogens is 255 g/mol. The molecule has 0 fully saturated rings. The van der Waals surface area contributed by atoms with E-state index < -0.39 is 23.3 Å². The molecule has 0 heterocycles. The van der Waals surface area contributed by atoms with Crippen LogP contribution in [0.4, 0.5) is 0 Å². The van der Waals surface area contributed by atoms with Gasteiger partial charge in [-0.2, -0.15) is 0 Å². The van der Waals surface area contributed by atoms with Crippen LogP contribution in [0.25, 0.3) is 0 Å². The Hall–Kier alpha value is -0.480. The van der Waals surface area contributed by atoms with Crippen molar-refractivity contribution < 1.29 is 19.4 Å². The van der Waals surface area contributed by atoms with Crippen molar-refractivity contribution in [3.63, 3.8) is 0 Å². The van der Waals surface area contributed by atoms with Crippen LogP contribution < -0.4 is 0 Å². The Balaban J connectivity index is 5.01. The van der Waals surface area contributed by atoms with Crippen LogP contribution in [0.3, 0.4) is 0 Å². The minimum atomic E-state index is -1.58. The van der Waals surface area contributed by atoms with Crippen LogP contribution in [-0.2, 0) is 14.3 Å². The van der Waals surface area contributed by atoms with Gasteiger partial charge in [0.25, 0.3) is 0 Å². The fourth-order valence-electron chi connectivity index (χ4n) is 1.48. The molecule has 0 bridgehead atoms. The molecule has 0 aromatic heterocycles. The minimum Gasteiger partial charge on any atom is -0.480 e. The van der Waals surface area contributed by atoms with Crippen LogP contribution in [0.2, 0.25) is 0 Å². The lowest BCUT2D eigenvalue weighted by Crippen LogP contribution is -2.45. The summed E-state index contributed by atoms with van der Waals surface area (Å²) >= 11 is 10.9. The lowest BCUT2D eigenvalue weighted by molar-refractivity contribution is -0.172. The highest BCUT2D eigenvalue weighted by Gasteiger charge is 2.49. The molecule has 4 nitrogen and oxygen atoms in total. The van der Waals surface area contributed by atoms with Crippen molar-refractivity contribution in [2.75, 3.05) is 18.4 Å². The van der Waals surface area contributed by atoms with Gasteiger partial charge in [-0.15, -0.1) is 23.2 Å². The van der Waals surface area contributed by atoms with Crippen molar-refractivity contribution >= 4 is 35.1 Å². The van der Waals surface area contributed by atoms with E-state index in [2.05, 4.69) is 0 Å². The van der Waals surface area contributed by atoms with Crippen molar-refractivity contribution in [3.8, 4) is 0 Å². The van der Waals surface area contributed by atoms with E-state index in [0.29, 0.717) is 0 Å². The van der Waals surface area contributed by atoms with E-state index in [-0.39, 0.29) is 24.8 Å². The monoisotopic (exact) mass is 270 g/mol. The number of rotatable bonds is 7. The predicted molar refractivity (Wildman–Crippen MR) is 61.9 cm³/mol. The van der Waals surface area contributed by atoms with Crippen molar-refractivity contribution in [2.24, 2.45) is 11.3 Å². The molecule has 0 spiro atoms. The summed E-state index contributed by atoms with van der Waals surface area (Å²) < 4.78 is 4.82. The van der Waals surface area contributed by atoms with Gasteiger partial charge in [0.2, 0.25) is 0 Å². The van der Waals surface area contributed by atoms with Gasteiger partial charge in [-0.3, -0.25) is 9.59 Å². The third kappa shape index (κ3) is 3.25. The summed E-state index contributed by atoms with van der Waals surface area (Å²) in [6, 6.07) is 0. The molecule has 0 rings (SSSR count). The first-order chi connectivity index (χ1) is 7.43. The van der Waals surface area contributed by atoms with E-state index in [1.54, 1.807) is 13.8 Å². The Labute approximate surface area is 105 Å². The number of carbonyl (C=O) groups excluding carboxylic acids is 1. The van der Waals surface area contributed by atoms with Crippen LogP contribution in [0.5, 0.6) is 0 Å². The fourth-order valence-corrected chi connectivity index (χ4v) is 1.85. The highest BCUT2D eigenvalue weighted by atomic mass is 35.5. The molecule has 0 aromatic carbocycles. The summed E-state index contributed by atoms with van der Waals surface area (Å²) in [7, 11) is 0. The summed E-state index contributed by atoms with van der Waals surface area (Å²) in [5, 5.41) is 9.20. The lowest BCUT2D eigenvalue weighted by atomic mass is 9.75. The number of aliphatic carboxylic acids is 1. The maximum absolute atomic E-state index is 11.8. The van der Waals surface area contributed by atoms with Gasteiger partial charge in [0.1, 0.15) is 6.61 Å². The maximum Gasteiger partial charge on any atom is 0.323 e. The lowest BCUT2D eigenvalue weighted by Gasteiger charge is -2.30. The highest BCUT2D eigenvalue weighted by Crippen LogP contribution is 2.34. The second kappa shape index (κ2) is 6.97. The van der Waals surface area contributed by atoms with E-state index in [1.807, 2.05) is 0 Å². The van der Waals surface area contributed by atoms with Gasteiger partial charge in [-0.05, 0) is 12.3 Å². The number of halogens is 2. The maximum atomic E-state index is 11.8. The van der Waals surface area contributed by atoms with E-state index >= 15 is 0 Å². The zero-order chi connectivity index (χ0) is 12.8. The van der Waals surface area contributed by atoms with Gasteiger partial charge < -0.3 is 9.84 Å². The highest BCUT2D eigenvalue weighted by molar-refractivity contribution is 6.18. The third-order valence-electron chi connectivity index (χ3n) is 2.53. The number of hydrogen-bond acceptors (Lipinski definition) is 3.